The molecular weight excluding hydrogens is 476 g/mol. The summed E-state index contributed by atoms with van der Waals surface area (Å²) in [5.41, 5.74) is 0.921. The van der Waals surface area contributed by atoms with E-state index in [0.29, 0.717) is 49.7 Å². The third kappa shape index (κ3) is 5.79. The number of carbonyl (C=O) groups excluding carboxylic acids is 2. The molecule has 9 heteroatoms. The van der Waals surface area contributed by atoms with Crippen molar-refractivity contribution in [3.05, 3.63) is 71.8 Å². The minimum absolute atomic E-state index is 0.0103. The van der Waals surface area contributed by atoms with Gasteiger partial charge in [-0.2, -0.15) is 0 Å². The fraction of sp³-hybridized carbons (Fsp3) is 0.357. The van der Waals surface area contributed by atoms with Gasteiger partial charge in [-0.1, -0.05) is 18.7 Å². The molecule has 2 aliphatic heterocycles. The number of likely N-dealkylation sites (tertiary alicyclic amines) is 1. The Kier molecular flexibility index (Phi) is 8.47. The Balaban J connectivity index is 1.68. The van der Waals surface area contributed by atoms with Crippen LogP contribution in [0.3, 0.4) is 0 Å². The summed E-state index contributed by atoms with van der Waals surface area (Å²) in [5.74, 6) is -0.980. The molecule has 0 aliphatic carbocycles. The third-order valence-electron chi connectivity index (χ3n) is 6.53. The van der Waals surface area contributed by atoms with Crippen molar-refractivity contribution < 1.29 is 34.0 Å². The van der Waals surface area contributed by atoms with Crippen molar-refractivity contribution in [2.45, 2.75) is 12.5 Å². The van der Waals surface area contributed by atoms with Gasteiger partial charge in [-0.25, -0.2) is 0 Å². The standard InChI is InChI=1S/C28H32N2O7/c1-3-15-37-21-8-5-19(6-9-21)26(32)24-25(20-7-10-22(31)23(18-20)35-2)30(28(34)27(24)33)12-4-11-29-13-16-36-17-14-29/h3,5-10,18,25,31-32H,1,4,11-17H2,2H3/b26-24+/t25-/m1/s1. The summed E-state index contributed by atoms with van der Waals surface area (Å²) in [4.78, 5) is 30.2. The molecule has 9 nitrogen and oxygen atoms in total. The Hall–Kier alpha value is -3.82. The number of rotatable bonds is 10. The molecule has 2 aromatic rings. The van der Waals surface area contributed by atoms with Crippen molar-refractivity contribution in [3.63, 3.8) is 0 Å². The van der Waals surface area contributed by atoms with Gasteiger partial charge in [0.25, 0.3) is 11.7 Å². The number of aliphatic hydroxyl groups is 1. The highest BCUT2D eigenvalue weighted by atomic mass is 16.5. The van der Waals surface area contributed by atoms with Gasteiger partial charge in [0.2, 0.25) is 0 Å². The predicted molar refractivity (Wildman–Crippen MR) is 138 cm³/mol. The zero-order valence-electron chi connectivity index (χ0n) is 20.9. The molecule has 0 aromatic heterocycles. The molecule has 2 saturated heterocycles. The number of aliphatic hydroxyl groups excluding tert-OH is 1. The molecule has 1 amide bonds. The van der Waals surface area contributed by atoms with Gasteiger partial charge in [-0.05, 0) is 48.4 Å². The Bertz CT molecular complexity index is 1170. The Labute approximate surface area is 216 Å². The highest BCUT2D eigenvalue weighted by molar-refractivity contribution is 6.46. The number of nitrogens with zero attached hydrogens (tertiary/aromatic N) is 2. The van der Waals surface area contributed by atoms with Crippen molar-refractivity contribution >= 4 is 17.4 Å². The molecular formula is C28H32N2O7. The maximum Gasteiger partial charge on any atom is 0.295 e. The topological polar surface area (TPSA) is 109 Å². The van der Waals surface area contributed by atoms with Crippen LogP contribution in [0.5, 0.6) is 17.2 Å². The van der Waals surface area contributed by atoms with Gasteiger partial charge < -0.3 is 29.3 Å². The average Bonchev–Trinajstić information content (AvgIpc) is 3.17. The Morgan fingerprint density at radius 3 is 2.54 bits per heavy atom. The molecule has 2 N–H and O–H groups in total. The zero-order valence-corrected chi connectivity index (χ0v) is 20.9. The zero-order chi connectivity index (χ0) is 26.4. The van der Waals surface area contributed by atoms with E-state index in [9.17, 15) is 19.8 Å². The minimum atomic E-state index is -0.837. The highest BCUT2D eigenvalue weighted by Crippen LogP contribution is 2.42. The van der Waals surface area contributed by atoms with Gasteiger partial charge in [-0.3, -0.25) is 14.5 Å². The SMILES string of the molecule is C=CCOc1ccc(/C(O)=C2\C(=O)C(=O)N(CCCN3CCOCC3)[C@@H]2c2ccc(O)c(OC)c2)cc1. The van der Waals surface area contributed by atoms with E-state index in [2.05, 4.69) is 11.5 Å². The average molecular weight is 509 g/mol. The molecule has 2 fully saturated rings. The molecule has 37 heavy (non-hydrogen) atoms. The molecule has 0 spiro atoms. The molecule has 0 unspecified atom stereocenters. The number of phenolic OH excluding ortho intramolecular Hbond substituents is 1. The number of hydrogen-bond acceptors (Lipinski definition) is 8. The maximum absolute atomic E-state index is 13.3. The lowest BCUT2D eigenvalue weighted by molar-refractivity contribution is -0.140. The number of methoxy groups -OCH3 is 1. The van der Waals surface area contributed by atoms with Crippen molar-refractivity contribution in [3.8, 4) is 17.2 Å². The number of morpholine rings is 1. The number of ketones is 1. The summed E-state index contributed by atoms with van der Waals surface area (Å²) >= 11 is 0. The van der Waals surface area contributed by atoms with Crippen molar-refractivity contribution in [1.29, 1.82) is 0 Å². The summed E-state index contributed by atoms with van der Waals surface area (Å²) in [6.45, 7) is 8.03. The highest BCUT2D eigenvalue weighted by Gasteiger charge is 2.46. The largest absolute Gasteiger partial charge is 0.507 e. The van der Waals surface area contributed by atoms with E-state index in [-0.39, 0.29) is 22.8 Å². The lowest BCUT2D eigenvalue weighted by Gasteiger charge is -2.29. The normalized spacial score (nSPS) is 19.7. The van der Waals surface area contributed by atoms with Crippen LogP contribution in [0.25, 0.3) is 5.76 Å². The number of aromatic hydroxyl groups is 1. The molecule has 2 aliphatic rings. The first-order valence-corrected chi connectivity index (χ1v) is 12.2. The lowest BCUT2D eigenvalue weighted by Crippen LogP contribution is -2.38. The van der Waals surface area contributed by atoms with Crippen LogP contribution in [0.15, 0.2) is 60.7 Å². The van der Waals surface area contributed by atoms with E-state index in [0.717, 1.165) is 19.6 Å². The van der Waals surface area contributed by atoms with E-state index in [1.54, 1.807) is 42.5 Å². The Morgan fingerprint density at radius 1 is 1.14 bits per heavy atom. The Morgan fingerprint density at radius 2 is 1.86 bits per heavy atom. The van der Waals surface area contributed by atoms with Gasteiger partial charge in [0.1, 0.15) is 18.1 Å². The number of amides is 1. The van der Waals surface area contributed by atoms with Crippen LogP contribution >= 0.6 is 0 Å². The molecule has 2 aromatic carbocycles. The maximum atomic E-state index is 13.3. The van der Waals surface area contributed by atoms with Crippen LogP contribution < -0.4 is 9.47 Å². The molecule has 0 saturated carbocycles. The fourth-order valence-electron chi connectivity index (χ4n) is 4.63. The molecule has 196 valence electrons. The van der Waals surface area contributed by atoms with Crippen LogP contribution in [0.4, 0.5) is 0 Å². The quantitative estimate of drug-likeness (QED) is 0.218. The van der Waals surface area contributed by atoms with Gasteiger partial charge in [0.05, 0.1) is 31.9 Å². The smallest absolute Gasteiger partial charge is 0.295 e. The fourth-order valence-corrected chi connectivity index (χ4v) is 4.63. The summed E-state index contributed by atoms with van der Waals surface area (Å²) in [7, 11) is 1.42. The van der Waals surface area contributed by atoms with Gasteiger partial charge in [0.15, 0.2) is 11.5 Å². The van der Waals surface area contributed by atoms with Gasteiger partial charge in [0, 0.05) is 31.7 Å². The first kappa shape index (κ1) is 26.2. The minimum Gasteiger partial charge on any atom is -0.507 e. The van der Waals surface area contributed by atoms with Crippen LogP contribution in [-0.4, -0.2) is 84.8 Å². The van der Waals surface area contributed by atoms with Gasteiger partial charge >= 0.3 is 0 Å². The van der Waals surface area contributed by atoms with Crippen molar-refractivity contribution in [2.75, 3.05) is 53.1 Å². The van der Waals surface area contributed by atoms with Crippen LogP contribution in [0, 0.1) is 0 Å². The van der Waals surface area contributed by atoms with E-state index in [1.165, 1.54) is 18.1 Å². The van der Waals surface area contributed by atoms with Gasteiger partial charge in [-0.15, -0.1) is 0 Å². The van der Waals surface area contributed by atoms with Crippen molar-refractivity contribution in [2.24, 2.45) is 0 Å². The monoisotopic (exact) mass is 508 g/mol. The summed E-state index contributed by atoms with van der Waals surface area (Å²) in [5, 5.41) is 21.4. The van der Waals surface area contributed by atoms with E-state index >= 15 is 0 Å². The summed E-state index contributed by atoms with van der Waals surface area (Å²) in [6.07, 6.45) is 2.27. The second kappa shape index (κ2) is 11.9. The lowest BCUT2D eigenvalue weighted by atomic mass is 9.95. The second-order valence-electron chi connectivity index (χ2n) is 8.86. The molecule has 0 bridgehead atoms. The molecule has 1 atom stereocenters. The molecule has 2 heterocycles. The van der Waals surface area contributed by atoms with Crippen LogP contribution in [0.1, 0.15) is 23.6 Å². The molecule has 4 rings (SSSR count). The van der Waals surface area contributed by atoms with E-state index < -0.39 is 17.7 Å². The summed E-state index contributed by atoms with van der Waals surface area (Å²) in [6, 6.07) is 10.4. The molecule has 0 radical (unpaired) electrons. The summed E-state index contributed by atoms with van der Waals surface area (Å²) < 4.78 is 16.2. The third-order valence-corrected chi connectivity index (χ3v) is 6.53. The second-order valence-corrected chi connectivity index (χ2v) is 8.86. The number of phenols is 1. The van der Waals surface area contributed by atoms with Crippen molar-refractivity contribution in [1.82, 2.24) is 9.80 Å². The van der Waals surface area contributed by atoms with Crippen LogP contribution in [0.2, 0.25) is 0 Å². The predicted octanol–water partition coefficient (Wildman–Crippen LogP) is 3.11. The van der Waals surface area contributed by atoms with E-state index in [4.69, 9.17) is 14.2 Å². The first-order valence-electron chi connectivity index (χ1n) is 12.2. The number of carbonyl (C=O) groups is 2. The van der Waals surface area contributed by atoms with Crippen LogP contribution in [-0.2, 0) is 14.3 Å². The number of benzene rings is 2. The number of Topliss-reactive ketones (excluding diaryl/α,β-unsaturated/α-hetero) is 1. The van der Waals surface area contributed by atoms with E-state index in [1.807, 2.05) is 0 Å². The number of ether oxygens (including phenoxy) is 3. The number of hydrogen-bond donors (Lipinski definition) is 2. The first-order chi connectivity index (χ1) is 17.9.